The van der Waals surface area contributed by atoms with Gasteiger partial charge in [0, 0.05) is 6.07 Å². The average Bonchev–Trinajstić information content (AvgIpc) is 2.39. The van der Waals surface area contributed by atoms with Gasteiger partial charge in [0.2, 0.25) is 9.84 Å². The molecule has 0 atom stereocenters. The maximum atomic E-state index is 12.3. The van der Waals surface area contributed by atoms with Crippen molar-refractivity contribution >= 4 is 21.2 Å². The molecule has 98 valence electrons. The summed E-state index contributed by atoms with van der Waals surface area (Å²) in [6, 6.07) is 11.1. The number of benzene rings is 2. The second-order valence-corrected chi connectivity index (χ2v) is 5.74. The van der Waals surface area contributed by atoms with E-state index in [1.807, 2.05) is 0 Å². The van der Waals surface area contributed by atoms with Crippen molar-refractivity contribution in [2.75, 3.05) is 5.73 Å². The van der Waals surface area contributed by atoms with Crippen LogP contribution in [0.1, 0.15) is 0 Å². The predicted octanol–water partition coefficient (Wildman–Crippen LogP) is 2.01. The minimum Gasteiger partial charge on any atom is -0.393 e. The molecule has 2 N–H and O–H groups in total. The van der Waals surface area contributed by atoms with Crippen LogP contribution in [0.3, 0.4) is 0 Å². The van der Waals surface area contributed by atoms with E-state index in [0.717, 1.165) is 6.07 Å². The van der Waals surface area contributed by atoms with E-state index >= 15 is 0 Å². The van der Waals surface area contributed by atoms with Crippen LogP contribution in [0.15, 0.2) is 58.3 Å². The molecule has 0 saturated heterocycles. The van der Waals surface area contributed by atoms with Gasteiger partial charge in [-0.2, -0.15) is 0 Å². The first-order valence-electron chi connectivity index (χ1n) is 5.27. The van der Waals surface area contributed by atoms with Crippen LogP contribution < -0.4 is 5.73 Å². The zero-order valence-corrected chi connectivity index (χ0v) is 10.5. The summed E-state index contributed by atoms with van der Waals surface area (Å²) < 4.78 is 24.5. The fraction of sp³-hybridized carbons (Fsp3) is 0. The lowest BCUT2D eigenvalue weighted by Gasteiger charge is -2.05. The quantitative estimate of drug-likeness (QED) is 0.525. The van der Waals surface area contributed by atoms with Crippen LogP contribution in [-0.2, 0) is 9.84 Å². The van der Waals surface area contributed by atoms with Crippen molar-refractivity contribution in [3.05, 3.63) is 58.6 Å². The first-order valence-corrected chi connectivity index (χ1v) is 6.75. The molecule has 19 heavy (non-hydrogen) atoms. The van der Waals surface area contributed by atoms with Crippen LogP contribution in [0, 0.1) is 10.1 Å². The Morgan fingerprint density at radius 2 is 1.63 bits per heavy atom. The third-order valence-corrected chi connectivity index (χ3v) is 4.33. The molecule has 0 unspecified atom stereocenters. The Morgan fingerprint density at radius 3 is 2.21 bits per heavy atom. The van der Waals surface area contributed by atoms with E-state index in [9.17, 15) is 18.5 Å². The van der Waals surface area contributed by atoms with E-state index in [2.05, 4.69) is 0 Å². The maximum Gasteiger partial charge on any atom is 0.293 e. The SMILES string of the molecule is Nc1ccc(S(=O)(=O)c2ccccc2)cc1[N+](=O)[O-]. The van der Waals surface area contributed by atoms with Gasteiger partial charge in [-0.3, -0.25) is 10.1 Å². The van der Waals surface area contributed by atoms with Gasteiger partial charge in [-0.25, -0.2) is 8.42 Å². The molecule has 0 saturated carbocycles. The fourth-order valence-electron chi connectivity index (χ4n) is 1.58. The van der Waals surface area contributed by atoms with Crippen molar-refractivity contribution in [2.45, 2.75) is 9.79 Å². The van der Waals surface area contributed by atoms with Crippen molar-refractivity contribution < 1.29 is 13.3 Å². The summed E-state index contributed by atoms with van der Waals surface area (Å²) in [4.78, 5) is 9.98. The van der Waals surface area contributed by atoms with Crippen LogP contribution in [0.4, 0.5) is 11.4 Å². The zero-order valence-electron chi connectivity index (χ0n) is 9.68. The van der Waals surface area contributed by atoms with Crippen molar-refractivity contribution in [2.24, 2.45) is 0 Å². The van der Waals surface area contributed by atoms with Crippen LogP contribution in [0.25, 0.3) is 0 Å². The fourth-order valence-corrected chi connectivity index (χ4v) is 2.89. The summed E-state index contributed by atoms with van der Waals surface area (Å²) in [6.07, 6.45) is 0. The molecule has 0 aliphatic carbocycles. The first-order chi connectivity index (χ1) is 8.93. The highest BCUT2D eigenvalue weighted by Crippen LogP contribution is 2.28. The molecule has 7 heteroatoms. The maximum absolute atomic E-state index is 12.3. The number of nitro benzene ring substituents is 1. The van der Waals surface area contributed by atoms with Crippen LogP contribution >= 0.6 is 0 Å². The molecular weight excluding hydrogens is 268 g/mol. The van der Waals surface area contributed by atoms with Crippen molar-refractivity contribution in [1.82, 2.24) is 0 Å². The summed E-state index contributed by atoms with van der Waals surface area (Å²) in [5.74, 6) is 0. The van der Waals surface area contributed by atoms with E-state index in [-0.39, 0.29) is 15.5 Å². The Balaban J connectivity index is 2.60. The van der Waals surface area contributed by atoms with E-state index < -0.39 is 20.4 Å². The number of hydrogen-bond acceptors (Lipinski definition) is 5. The molecule has 0 aliphatic rings. The Bertz CT molecular complexity index is 727. The molecule has 0 aliphatic heterocycles. The van der Waals surface area contributed by atoms with E-state index in [1.54, 1.807) is 18.2 Å². The number of rotatable bonds is 3. The normalized spacial score (nSPS) is 11.2. The highest BCUT2D eigenvalue weighted by Gasteiger charge is 2.21. The highest BCUT2D eigenvalue weighted by atomic mass is 32.2. The van der Waals surface area contributed by atoms with E-state index in [0.29, 0.717) is 0 Å². The third-order valence-electron chi connectivity index (χ3n) is 2.56. The first kappa shape index (κ1) is 13.0. The number of hydrogen-bond donors (Lipinski definition) is 1. The Kier molecular flexibility index (Phi) is 3.22. The van der Waals surface area contributed by atoms with Gasteiger partial charge in [0.05, 0.1) is 14.7 Å². The topological polar surface area (TPSA) is 103 Å². The van der Waals surface area contributed by atoms with Gasteiger partial charge in [0.15, 0.2) is 0 Å². The van der Waals surface area contributed by atoms with Gasteiger partial charge in [0.25, 0.3) is 5.69 Å². The molecule has 6 nitrogen and oxygen atoms in total. The van der Waals surface area contributed by atoms with E-state index in [4.69, 9.17) is 5.73 Å². The lowest BCUT2D eigenvalue weighted by molar-refractivity contribution is -0.384. The van der Waals surface area contributed by atoms with Gasteiger partial charge < -0.3 is 5.73 Å². The second-order valence-electron chi connectivity index (χ2n) is 3.79. The predicted molar refractivity (Wildman–Crippen MR) is 69.4 cm³/mol. The molecule has 0 spiro atoms. The van der Waals surface area contributed by atoms with Gasteiger partial charge >= 0.3 is 0 Å². The standard InChI is InChI=1S/C12H10N2O4S/c13-11-7-6-10(8-12(11)14(15)16)19(17,18)9-4-2-1-3-5-9/h1-8H,13H2. The monoisotopic (exact) mass is 278 g/mol. The number of anilines is 1. The molecule has 2 aromatic carbocycles. The van der Waals surface area contributed by atoms with Crippen molar-refractivity contribution in [3.8, 4) is 0 Å². The molecule has 0 heterocycles. The Morgan fingerprint density at radius 1 is 1.00 bits per heavy atom. The minimum atomic E-state index is -3.77. The van der Waals surface area contributed by atoms with Crippen LogP contribution in [0.5, 0.6) is 0 Å². The number of nitro groups is 1. The van der Waals surface area contributed by atoms with Crippen LogP contribution in [0.2, 0.25) is 0 Å². The number of nitrogen functional groups attached to an aromatic ring is 1. The van der Waals surface area contributed by atoms with Crippen molar-refractivity contribution in [1.29, 1.82) is 0 Å². The third kappa shape index (κ3) is 2.41. The summed E-state index contributed by atoms with van der Waals surface area (Å²) in [7, 11) is -3.77. The minimum absolute atomic E-state index is 0.0722. The lowest BCUT2D eigenvalue weighted by atomic mass is 10.3. The van der Waals surface area contributed by atoms with E-state index in [1.165, 1.54) is 24.3 Å². The molecule has 0 fully saturated rings. The molecule has 0 radical (unpaired) electrons. The number of nitrogens with two attached hydrogens (primary N) is 1. The number of sulfone groups is 1. The molecule has 2 rings (SSSR count). The van der Waals surface area contributed by atoms with Gasteiger partial charge in [-0.1, -0.05) is 18.2 Å². The molecule has 2 aromatic rings. The summed E-state index contributed by atoms with van der Waals surface area (Å²) in [6.45, 7) is 0. The summed E-state index contributed by atoms with van der Waals surface area (Å²) in [5.41, 5.74) is 4.94. The Hall–Kier alpha value is -2.41. The second kappa shape index (κ2) is 4.69. The van der Waals surface area contributed by atoms with Gasteiger partial charge in [-0.15, -0.1) is 0 Å². The summed E-state index contributed by atoms with van der Waals surface area (Å²) >= 11 is 0. The average molecular weight is 278 g/mol. The largest absolute Gasteiger partial charge is 0.393 e. The number of nitrogens with zero attached hydrogens (tertiary/aromatic N) is 1. The highest BCUT2D eigenvalue weighted by molar-refractivity contribution is 7.91. The Labute approximate surface area is 109 Å². The molecule has 0 bridgehead atoms. The molecule has 0 amide bonds. The lowest BCUT2D eigenvalue weighted by Crippen LogP contribution is -2.04. The summed E-state index contributed by atoms with van der Waals surface area (Å²) in [5, 5.41) is 10.8. The molecular formula is C12H10N2O4S. The van der Waals surface area contributed by atoms with Crippen LogP contribution in [-0.4, -0.2) is 13.3 Å². The van der Waals surface area contributed by atoms with Crippen molar-refractivity contribution in [3.63, 3.8) is 0 Å². The molecule has 0 aromatic heterocycles. The van der Waals surface area contributed by atoms with Gasteiger partial charge in [0.1, 0.15) is 5.69 Å². The zero-order chi connectivity index (χ0) is 14.0. The smallest absolute Gasteiger partial charge is 0.293 e. The van der Waals surface area contributed by atoms with Gasteiger partial charge in [-0.05, 0) is 24.3 Å².